The van der Waals surface area contributed by atoms with Gasteiger partial charge >= 0.3 is 5.97 Å². The minimum Gasteiger partial charge on any atom is -0.481 e. The largest absolute Gasteiger partial charge is 0.481 e. The van der Waals surface area contributed by atoms with Crippen molar-refractivity contribution in [3.8, 4) is 17.2 Å². The Morgan fingerprint density at radius 3 is 2.62 bits per heavy atom. The van der Waals surface area contributed by atoms with Gasteiger partial charge in [-0.05, 0) is 24.3 Å². The predicted molar refractivity (Wildman–Crippen MR) is 107 cm³/mol. The standard InChI is InChI=1S/C21H16ClNO6/c22-16-6-8-17(15-4-2-1-3-14(15)16)26-11-21(25)27-10-20(24)23-13-5-7-18-19(9-13)29-12-28-18/h1-9H,10-12H2,(H,23,24). The van der Waals surface area contributed by atoms with Gasteiger partial charge in [0.25, 0.3) is 5.91 Å². The van der Waals surface area contributed by atoms with Crippen LogP contribution in [0, 0.1) is 0 Å². The van der Waals surface area contributed by atoms with Crippen LogP contribution in [0.4, 0.5) is 5.69 Å². The number of anilines is 1. The molecule has 0 saturated carbocycles. The zero-order chi connectivity index (χ0) is 20.2. The van der Waals surface area contributed by atoms with Gasteiger partial charge in [0.1, 0.15) is 5.75 Å². The predicted octanol–water partition coefficient (Wildman–Crippen LogP) is 3.78. The summed E-state index contributed by atoms with van der Waals surface area (Å²) in [5.41, 5.74) is 0.513. The fraction of sp³-hybridized carbons (Fsp3) is 0.143. The number of halogens is 1. The molecule has 4 rings (SSSR count). The third-order valence-corrected chi connectivity index (χ3v) is 4.53. The van der Waals surface area contributed by atoms with Crippen molar-refractivity contribution in [1.82, 2.24) is 0 Å². The van der Waals surface area contributed by atoms with Crippen molar-refractivity contribution < 1.29 is 28.5 Å². The molecule has 148 valence electrons. The van der Waals surface area contributed by atoms with Crippen LogP contribution in [-0.2, 0) is 14.3 Å². The second-order valence-corrected chi connectivity index (χ2v) is 6.56. The lowest BCUT2D eigenvalue weighted by Crippen LogP contribution is -2.23. The fourth-order valence-electron chi connectivity index (χ4n) is 2.86. The van der Waals surface area contributed by atoms with Crippen LogP contribution in [-0.4, -0.2) is 31.9 Å². The van der Waals surface area contributed by atoms with E-state index in [0.29, 0.717) is 28.0 Å². The molecule has 7 nitrogen and oxygen atoms in total. The molecule has 0 unspecified atom stereocenters. The van der Waals surface area contributed by atoms with Crippen LogP contribution < -0.4 is 19.5 Å². The summed E-state index contributed by atoms with van der Waals surface area (Å²) < 4.78 is 21.0. The lowest BCUT2D eigenvalue weighted by molar-refractivity contribution is -0.149. The van der Waals surface area contributed by atoms with Gasteiger partial charge in [-0.15, -0.1) is 0 Å². The van der Waals surface area contributed by atoms with Crippen molar-refractivity contribution in [3.05, 3.63) is 59.6 Å². The molecule has 0 spiro atoms. The molecule has 3 aromatic carbocycles. The van der Waals surface area contributed by atoms with Gasteiger partial charge in [0.15, 0.2) is 24.7 Å². The summed E-state index contributed by atoms with van der Waals surface area (Å²) in [5.74, 6) is 0.524. The molecule has 0 aliphatic carbocycles. The SMILES string of the molecule is O=C(COC(=O)COc1ccc(Cl)c2ccccc12)Nc1ccc2c(c1)OCO2. The summed E-state index contributed by atoms with van der Waals surface area (Å²) in [5, 5.41) is 4.83. The van der Waals surface area contributed by atoms with E-state index in [4.69, 9.17) is 30.5 Å². The van der Waals surface area contributed by atoms with Gasteiger partial charge in [-0.2, -0.15) is 0 Å². The molecule has 0 atom stereocenters. The maximum Gasteiger partial charge on any atom is 0.344 e. The number of hydrogen-bond acceptors (Lipinski definition) is 6. The molecule has 0 bridgehead atoms. The highest BCUT2D eigenvalue weighted by atomic mass is 35.5. The van der Waals surface area contributed by atoms with E-state index in [-0.39, 0.29) is 13.4 Å². The molecule has 1 amide bonds. The number of nitrogens with one attached hydrogen (secondary N) is 1. The van der Waals surface area contributed by atoms with Gasteiger partial charge < -0.3 is 24.3 Å². The van der Waals surface area contributed by atoms with Crippen LogP contribution in [0.25, 0.3) is 10.8 Å². The Hall–Kier alpha value is -3.45. The first kappa shape index (κ1) is 18.9. The highest BCUT2D eigenvalue weighted by Gasteiger charge is 2.15. The van der Waals surface area contributed by atoms with E-state index in [1.165, 1.54) is 0 Å². The molecule has 8 heteroatoms. The molecule has 3 aromatic rings. The minimum atomic E-state index is -0.662. The number of fused-ring (bicyclic) bond motifs is 2. The van der Waals surface area contributed by atoms with Crippen LogP contribution in [0.5, 0.6) is 17.2 Å². The summed E-state index contributed by atoms with van der Waals surface area (Å²) in [7, 11) is 0. The van der Waals surface area contributed by atoms with Gasteiger partial charge in [-0.25, -0.2) is 4.79 Å². The second-order valence-electron chi connectivity index (χ2n) is 6.16. The maximum atomic E-state index is 12.0. The third kappa shape index (κ3) is 4.35. The zero-order valence-electron chi connectivity index (χ0n) is 15.1. The molecular formula is C21H16ClNO6. The molecule has 0 radical (unpaired) electrons. The van der Waals surface area contributed by atoms with E-state index in [9.17, 15) is 9.59 Å². The van der Waals surface area contributed by atoms with E-state index in [1.54, 1.807) is 30.3 Å². The smallest absolute Gasteiger partial charge is 0.344 e. The Balaban J connectivity index is 1.28. The molecule has 0 saturated heterocycles. The van der Waals surface area contributed by atoms with Crippen LogP contribution in [0.1, 0.15) is 0 Å². The Bertz CT molecular complexity index is 1080. The highest BCUT2D eigenvalue weighted by Crippen LogP contribution is 2.34. The fourth-order valence-corrected chi connectivity index (χ4v) is 3.08. The average Bonchev–Trinajstić information content (AvgIpc) is 3.20. The van der Waals surface area contributed by atoms with Crippen molar-refractivity contribution in [2.24, 2.45) is 0 Å². The summed E-state index contributed by atoms with van der Waals surface area (Å²) in [6, 6.07) is 15.8. The van der Waals surface area contributed by atoms with Gasteiger partial charge in [0, 0.05) is 27.5 Å². The second kappa shape index (κ2) is 8.28. The van der Waals surface area contributed by atoms with Crippen LogP contribution in [0.3, 0.4) is 0 Å². The normalized spacial score (nSPS) is 11.9. The first-order chi connectivity index (χ1) is 14.1. The molecule has 1 aliphatic rings. The zero-order valence-corrected chi connectivity index (χ0v) is 15.9. The summed E-state index contributed by atoms with van der Waals surface area (Å²) >= 11 is 6.17. The van der Waals surface area contributed by atoms with Crippen molar-refractivity contribution in [1.29, 1.82) is 0 Å². The monoisotopic (exact) mass is 413 g/mol. The van der Waals surface area contributed by atoms with Crippen molar-refractivity contribution in [2.45, 2.75) is 0 Å². The number of amides is 1. The molecule has 1 aliphatic heterocycles. The lowest BCUT2D eigenvalue weighted by Gasteiger charge is -2.10. The van der Waals surface area contributed by atoms with Crippen LogP contribution in [0.2, 0.25) is 5.02 Å². The first-order valence-electron chi connectivity index (χ1n) is 8.75. The Kier molecular flexibility index (Phi) is 5.39. The Morgan fingerprint density at radius 2 is 1.76 bits per heavy atom. The summed E-state index contributed by atoms with van der Waals surface area (Å²) in [6.45, 7) is -0.617. The van der Waals surface area contributed by atoms with Crippen molar-refractivity contribution in [3.63, 3.8) is 0 Å². The average molecular weight is 414 g/mol. The lowest BCUT2D eigenvalue weighted by atomic mass is 10.1. The topological polar surface area (TPSA) is 83.1 Å². The summed E-state index contributed by atoms with van der Waals surface area (Å²) in [6.07, 6.45) is 0. The van der Waals surface area contributed by atoms with Crippen LogP contribution >= 0.6 is 11.6 Å². The Labute approximate surface area is 171 Å². The van der Waals surface area contributed by atoms with Gasteiger partial charge in [-0.1, -0.05) is 35.9 Å². The summed E-state index contributed by atoms with van der Waals surface area (Å²) in [4.78, 5) is 23.9. The van der Waals surface area contributed by atoms with E-state index < -0.39 is 18.5 Å². The number of benzene rings is 3. The molecular weight excluding hydrogens is 398 g/mol. The number of hydrogen-bond donors (Lipinski definition) is 1. The third-order valence-electron chi connectivity index (χ3n) is 4.20. The van der Waals surface area contributed by atoms with E-state index >= 15 is 0 Å². The quantitative estimate of drug-likeness (QED) is 0.619. The van der Waals surface area contributed by atoms with Crippen LogP contribution in [0.15, 0.2) is 54.6 Å². The highest BCUT2D eigenvalue weighted by molar-refractivity contribution is 6.35. The van der Waals surface area contributed by atoms with Gasteiger partial charge in [0.2, 0.25) is 6.79 Å². The molecule has 0 aromatic heterocycles. The van der Waals surface area contributed by atoms with E-state index in [1.807, 2.05) is 24.3 Å². The van der Waals surface area contributed by atoms with Gasteiger partial charge in [0.05, 0.1) is 0 Å². The molecule has 0 fully saturated rings. The van der Waals surface area contributed by atoms with E-state index in [0.717, 1.165) is 10.8 Å². The van der Waals surface area contributed by atoms with Crippen molar-refractivity contribution in [2.75, 3.05) is 25.3 Å². The number of carbonyl (C=O) groups excluding carboxylic acids is 2. The maximum absolute atomic E-state index is 12.0. The number of ether oxygens (including phenoxy) is 4. The number of rotatable bonds is 6. The minimum absolute atomic E-state index is 0.146. The van der Waals surface area contributed by atoms with Gasteiger partial charge in [-0.3, -0.25) is 4.79 Å². The molecule has 29 heavy (non-hydrogen) atoms. The van der Waals surface area contributed by atoms with Crippen molar-refractivity contribution >= 4 is 39.9 Å². The molecule has 1 N–H and O–H groups in total. The number of carbonyl (C=O) groups is 2. The Morgan fingerprint density at radius 1 is 0.966 bits per heavy atom. The number of esters is 1. The first-order valence-corrected chi connectivity index (χ1v) is 9.13. The van der Waals surface area contributed by atoms with E-state index in [2.05, 4.69) is 5.32 Å². The molecule has 1 heterocycles.